The van der Waals surface area contributed by atoms with Crippen LogP contribution in [-0.2, 0) is 0 Å². The van der Waals surface area contributed by atoms with E-state index in [1.54, 1.807) is 17.7 Å². The van der Waals surface area contributed by atoms with E-state index >= 15 is 0 Å². The van der Waals surface area contributed by atoms with E-state index in [9.17, 15) is 0 Å². The highest BCUT2D eigenvalue weighted by Crippen LogP contribution is 2.65. The van der Waals surface area contributed by atoms with Gasteiger partial charge in [-0.15, -0.1) is 11.3 Å². The summed E-state index contributed by atoms with van der Waals surface area (Å²) in [6.45, 7) is 7.36. The van der Waals surface area contributed by atoms with Crippen LogP contribution in [0.25, 0.3) is 10.2 Å². The summed E-state index contributed by atoms with van der Waals surface area (Å²) in [5, 5.41) is 7.02. The average molecular weight is 287 g/mol. The van der Waals surface area contributed by atoms with E-state index in [2.05, 4.69) is 47.5 Å². The maximum atomic E-state index is 4.49. The number of nitrogens with zero attached hydrogens (tertiary/aromatic N) is 2. The van der Waals surface area contributed by atoms with E-state index in [1.165, 1.54) is 24.6 Å². The number of rotatable bonds is 2. The number of thiophene rings is 1. The molecule has 0 aromatic carbocycles. The molecule has 106 valence electrons. The normalized spacial score (nSPS) is 34.8. The molecule has 0 saturated heterocycles. The summed E-state index contributed by atoms with van der Waals surface area (Å²) in [4.78, 5) is 9.91. The first kappa shape index (κ1) is 12.6. The highest BCUT2D eigenvalue weighted by molar-refractivity contribution is 7.16. The Kier molecular flexibility index (Phi) is 2.48. The van der Waals surface area contributed by atoms with Crippen LogP contribution in [0.3, 0.4) is 0 Å². The van der Waals surface area contributed by atoms with E-state index in [-0.39, 0.29) is 0 Å². The van der Waals surface area contributed by atoms with Crippen molar-refractivity contribution in [2.45, 2.75) is 46.1 Å². The molecular weight excluding hydrogens is 266 g/mol. The molecule has 2 aliphatic carbocycles. The molecule has 0 aliphatic heterocycles. The predicted molar refractivity (Wildman–Crippen MR) is 84.1 cm³/mol. The Morgan fingerprint density at radius 3 is 2.85 bits per heavy atom. The van der Waals surface area contributed by atoms with E-state index in [4.69, 9.17) is 0 Å². The average Bonchev–Trinajstić information content (AvgIpc) is 3.02. The van der Waals surface area contributed by atoms with Crippen LogP contribution in [-0.4, -0.2) is 16.0 Å². The van der Waals surface area contributed by atoms with Gasteiger partial charge in [0.15, 0.2) is 0 Å². The lowest BCUT2D eigenvalue weighted by Crippen LogP contribution is -2.40. The molecule has 0 unspecified atom stereocenters. The second-order valence-electron chi connectivity index (χ2n) is 7.17. The lowest BCUT2D eigenvalue weighted by atomic mass is 9.69. The monoisotopic (exact) mass is 287 g/mol. The van der Waals surface area contributed by atoms with Gasteiger partial charge in [-0.05, 0) is 47.5 Å². The van der Waals surface area contributed by atoms with Crippen molar-refractivity contribution in [3.8, 4) is 0 Å². The van der Waals surface area contributed by atoms with E-state index in [0.29, 0.717) is 16.9 Å². The highest BCUT2D eigenvalue weighted by atomic mass is 32.1. The first-order valence-corrected chi connectivity index (χ1v) is 8.35. The van der Waals surface area contributed by atoms with Gasteiger partial charge in [-0.3, -0.25) is 0 Å². The minimum atomic E-state index is 0.380. The van der Waals surface area contributed by atoms with Gasteiger partial charge in [0.1, 0.15) is 17.0 Å². The van der Waals surface area contributed by atoms with Crippen LogP contribution in [0.5, 0.6) is 0 Å². The van der Waals surface area contributed by atoms with Crippen LogP contribution in [0, 0.1) is 16.7 Å². The predicted octanol–water partition coefficient (Wildman–Crippen LogP) is 4.32. The van der Waals surface area contributed by atoms with Crippen molar-refractivity contribution >= 4 is 27.4 Å². The van der Waals surface area contributed by atoms with Crippen LogP contribution < -0.4 is 5.32 Å². The molecule has 2 fully saturated rings. The van der Waals surface area contributed by atoms with Crippen molar-refractivity contribution in [2.24, 2.45) is 16.7 Å². The molecule has 1 N–H and O–H groups in total. The summed E-state index contributed by atoms with van der Waals surface area (Å²) < 4.78 is 0. The first-order valence-electron chi connectivity index (χ1n) is 7.47. The third kappa shape index (κ3) is 1.46. The molecule has 2 saturated carbocycles. The summed E-state index contributed by atoms with van der Waals surface area (Å²) in [7, 11) is 0. The lowest BCUT2D eigenvalue weighted by Gasteiger charge is -2.39. The molecule has 2 bridgehead atoms. The molecular formula is C16H21N3S. The third-order valence-electron chi connectivity index (χ3n) is 6.37. The largest absolute Gasteiger partial charge is 0.366 e. The Balaban J connectivity index is 1.69. The SMILES string of the molecule is CC1(C)[C@H]2CC[C@@]1(C)[C@@H](Nc1ncnc3sccc13)C2. The molecule has 3 nitrogen and oxygen atoms in total. The van der Waals surface area contributed by atoms with Crippen LogP contribution in [0.2, 0.25) is 0 Å². The molecule has 3 atom stereocenters. The topological polar surface area (TPSA) is 37.8 Å². The van der Waals surface area contributed by atoms with Crippen molar-refractivity contribution in [3.05, 3.63) is 17.8 Å². The Morgan fingerprint density at radius 1 is 1.30 bits per heavy atom. The summed E-state index contributed by atoms with van der Waals surface area (Å²) in [6.07, 6.45) is 5.68. The Morgan fingerprint density at radius 2 is 2.15 bits per heavy atom. The van der Waals surface area contributed by atoms with E-state index in [0.717, 1.165) is 16.6 Å². The van der Waals surface area contributed by atoms with Crippen LogP contribution in [0.1, 0.15) is 40.0 Å². The second kappa shape index (κ2) is 3.94. The molecule has 4 heteroatoms. The third-order valence-corrected chi connectivity index (χ3v) is 7.19. The van der Waals surface area contributed by atoms with Crippen molar-refractivity contribution < 1.29 is 0 Å². The zero-order valence-electron chi connectivity index (χ0n) is 12.3. The number of anilines is 1. The van der Waals surface area contributed by atoms with Gasteiger partial charge in [-0.25, -0.2) is 9.97 Å². The van der Waals surface area contributed by atoms with Crippen LogP contribution in [0.4, 0.5) is 5.82 Å². The molecule has 2 heterocycles. The number of hydrogen-bond acceptors (Lipinski definition) is 4. The minimum absolute atomic E-state index is 0.380. The fourth-order valence-corrected chi connectivity index (χ4v) is 5.22. The van der Waals surface area contributed by atoms with Gasteiger partial charge in [-0.2, -0.15) is 0 Å². The Hall–Kier alpha value is -1.16. The van der Waals surface area contributed by atoms with Crippen molar-refractivity contribution in [1.29, 1.82) is 0 Å². The fourth-order valence-electron chi connectivity index (χ4n) is 4.49. The molecule has 2 aromatic rings. The molecule has 20 heavy (non-hydrogen) atoms. The zero-order valence-corrected chi connectivity index (χ0v) is 13.1. The summed E-state index contributed by atoms with van der Waals surface area (Å²) in [6, 6.07) is 2.66. The lowest BCUT2D eigenvalue weighted by molar-refractivity contribution is 0.142. The number of aromatic nitrogens is 2. The molecule has 0 radical (unpaired) electrons. The molecule has 2 aliphatic rings. The number of hydrogen-bond donors (Lipinski definition) is 1. The van der Waals surface area contributed by atoms with Gasteiger partial charge in [0.05, 0.1) is 5.39 Å². The highest BCUT2D eigenvalue weighted by Gasteiger charge is 2.61. The smallest absolute Gasteiger partial charge is 0.138 e. The summed E-state index contributed by atoms with van der Waals surface area (Å²) >= 11 is 1.68. The standard InChI is InChI=1S/C16H21N3S/c1-15(2)10-4-6-16(15,3)12(8-10)19-13-11-5-7-20-14(11)18-9-17-13/h5,7,9-10,12H,4,6,8H2,1-3H3,(H,17,18,19)/t10-,12-,16-/m0/s1. The van der Waals surface area contributed by atoms with E-state index < -0.39 is 0 Å². The van der Waals surface area contributed by atoms with Gasteiger partial charge >= 0.3 is 0 Å². The van der Waals surface area contributed by atoms with Crippen molar-refractivity contribution in [3.63, 3.8) is 0 Å². The van der Waals surface area contributed by atoms with Gasteiger partial charge in [0.25, 0.3) is 0 Å². The van der Waals surface area contributed by atoms with Crippen molar-refractivity contribution in [2.75, 3.05) is 5.32 Å². The first-order chi connectivity index (χ1) is 9.52. The maximum absolute atomic E-state index is 4.49. The fraction of sp³-hybridized carbons (Fsp3) is 0.625. The van der Waals surface area contributed by atoms with E-state index in [1.807, 2.05) is 0 Å². The van der Waals surface area contributed by atoms with Crippen LogP contribution >= 0.6 is 11.3 Å². The van der Waals surface area contributed by atoms with Gasteiger partial charge < -0.3 is 5.32 Å². The summed E-state index contributed by atoms with van der Waals surface area (Å²) in [5.41, 5.74) is 0.816. The maximum Gasteiger partial charge on any atom is 0.138 e. The van der Waals surface area contributed by atoms with Gasteiger partial charge in [0, 0.05) is 6.04 Å². The zero-order chi connectivity index (χ0) is 14.0. The Labute approximate surface area is 123 Å². The number of nitrogens with one attached hydrogen (secondary N) is 1. The summed E-state index contributed by atoms with van der Waals surface area (Å²) in [5.74, 6) is 1.87. The Bertz CT molecular complexity index is 663. The molecule has 4 rings (SSSR count). The van der Waals surface area contributed by atoms with Gasteiger partial charge in [0.2, 0.25) is 0 Å². The molecule has 2 aromatic heterocycles. The molecule has 0 spiro atoms. The minimum Gasteiger partial charge on any atom is -0.366 e. The quantitative estimate of drug-likeness (QED) is 0.894. The van der Waals surface area contributed by atoms with Gasteiger partial charge in [-0.1, -0.05) is 20.8 Å². The molecule has 0 amide bonds. The van der Waals surface area contributed by atoms with Crippen LogP contribution in [0.15, 0.2) is 17.8 Å². The second-order valence-corrected chi connectivity index (χ2v) is 8.06. The number of fused-ring (bicyclic) bond motifs is 3. The van der Waals surface area contributed by atoms with Crippen molar-refractivity contribution in [1.82, 2.24) is 9.97 Å².